The van der Waals surface area contributed by atoms with Crippen LogP contribution in [-0.4, -0.2) is 19.1 Å². The average molecular weight is 341 g/mol. The maximum Gasteiger partial charge on any atom is 0.0508 e. The largest absolute Gasteiger partial charge is 0.374 e. The van der Waals surface area contributed by atoms with Crippen LogP contribution in [0.1, 0.15) is 46.6 Å². The van der Waals surface area contributed by atoms with Gasteiger partial charge in [0.15, 0.2) is 0 Å². The normalized spacial score (nSPS) is 12.0. The zero-order valence-electron chi connectivity index (χ0n) is 13.8. The number of nitrogens with one attached hydrogen (secondary N) is 1. The highest BCUT2D eigenvalue weighted by atomic mass is 79.9. The van der Waals surface area contributed by atoms with Crippen molar-refractivity contribution in [1.29, 1.82) is 0 Å². The van der Waals surface area contributed by atoms with E-state index in [1.165, 1.54) is 22.1 Å². The molecule has 0 atom stereocenters. The number of nitrogens with zero attached hydrogens (tertiary/aromatic N) is 1. The monoisotopic (exact) mass is 340 g/mol. The van der Waals surface area contributed by atoms with E-state index >= 15 is 0 Å². The molecule has 0 aliphatic heterocycles. The predicted molar refractivity (Wildman–Crippen MR) is 93.5 cm³/mol. The first kappa shape index (κ1) is 17.5. The third kappa shape index (κ3) is 6.27. The zero-order valence-corrected chi connectivity index (χ0v) is 15.3. The molecule has 0 aliphatic carbocycles. The Kier molecular flexibility index (Phi) is 6.53. The van der Waals surface area contributed by atoms with Crippen molar-refractivity contribution < 1.29 is 0 Å². The summed E-state index contributed by atoms with van der Waals surface area (Å²) < 4.78 is 1.18. The molecule has 1 rings (SSSR count). The summed E-state index contributed by atoms with van der Waals surface area (Å²) in [6, 6.07) is 6.65. The first-order chi connectivity index (χ1) is 9.19. The molecule has 3 heteroatoms. The molecule has 0 saturated heterocycles. The van der Waals surface area contributed by atoms with Gasteiger partial charge in [-0.1, -0.05) is 19.9 Å². The van der Waals surface area contributed by atoms with Gasteiger partial charge in [-0.2, -0.15) is 0 Å². The fourth-order valence-corrected chi connectivity index (χ4v) is 2.64. The van der Waals surface area contributed by atoms with Crippen LogP contribution in [0.4, 0.5) is 5.69 Å². The molecule has 0 fully saturated rings. The Morgan fingerprint density at radius 1 is 1.25 bits per heavy atom. The molecule has 0 aliphatic rings. The highest BCUT2D eigenvalue weighted by molar-refractivity contribution is 9.10. The number of benzene rings is 1. The van der Waals surface area contributed by atoms with Crippen LogP contribution in [0.5, 0.6) is 0 Å². The molecule has 1 aromatic carbocycles. The number of halogens is 1. The Morgan fingerprint density at radius 2 is 1.90 bits per heavy atom. The van der Waals surface area contributed by atoms with Gasteiger partial charge in [0.2, 0.25) is 0 Å². The minimum absolute atomic E-state index is 0.152. The molecular formula is C17H29BrN2. The fraction of sp³-hybridized carbons (Fsp3) is 0.647. The quantitative estimate of drug-likeness (QED) is 0.798. The van der Waals surface area contributed by atoms with Crippen LogP contribution in [0.2, 0.25) is 0 Å². The van der Waals surface area contributed by atoms with Gasteiger partial charge in [0, 0.05) is 30.1 Å². The first-order valence-corrected chi connectivity index (χ1v) is 8.23. The summed E-state index contributed by atoms with van der Waals surface area (Å²) in [4.78, 5) is 2.32. The summed E-state index contributed by atoms with van der Waals surface area (Å²) in [5.41, 5.74) is 2.73. The van der Waals surface area contributed by atoms with E-state index in [4.69, 9.17) is 0 Å². The molecule has 0 radical (unpaired) electrons. The summed E-state index contributed by atoms with van der Waals surface area (Å²) in [7, 11) is 2.16. The molecule has 0 saturated carbocycles. The average Bonchev–Trinajstić information content (AvgIpc) is 2.32. The topological polar surface area (TPSA) is 15.3 Å². The molecular weight excluding hydrogens is 312 g/mol. The van der Waals surface area contributed by atoms with Crippen LogP contribution in [0.25, 0.3) is 0 Å². The van der Waals surface area contributed by atoms with Gasteiger partial charge >= 0.3 is 0 Å². The molecule has 0 unspecified atom stereocenters. The maximum atomic E-state index is 3.71. The van der Waals surface area contributed by atoms with Gasteiger partial charge in [-0.3, -0.25) is 0 Å². The second kappa shape index (κ2) is 7.46. The van der Waals surface area contributed by atoms with Crippen LogP contribution >= 0.6 is 15.9 Å². The molecule has 1 aromatic rings. The molecule has 114 valence electrons. The molecule has 2 nitrogen and oxygen atoms in total. The summed E-state index contributed by atoms with van der Waals surface area (Å²) in [5, 5.41) is 3.52. The van der Waals surface area contributed by atoms with E-state index in [0.717, 1.165) is 19.0 Å². The Balaban J connectivity index is 2.67. The van der Waals surface area contributed by atoms with E-state index in [0.29, 0.717) is 0 Å². The van der Waals surface area contributed by atoms with E-state index in [2.05, 4.69) is 86.0 Å². The van der Waals surface area contributed by atoms with Crippen LogP contribution in [0.3, 0.4) is 0 Å². The summed E-state index contributed by atoms with van der Waals surface area (Å²) in [6.07, 6.45) is 1.22. The Labute approximate surface area is 133 Å². The summed E-state index contributed by atoms with van der Waals surface area (Å²) in [5.74, 6) is 0.742. The van der Waals surface area contributed by atoms with Gasteiger partial charge in [0.1, 0.15) is 0 Å². The van der Waals surface area contributed by atoms with Crippen LogP contribution < -0.4 is 10.2 Å². The van der Waals surface area contributed by atoms with E-state index in [-0.39, 0.29) is 5.54 Å². The Morgan fingerprint density at radius 3 is 2.40 bits per heavy atom. The van der Waals surface area contributed by atoms with Gasteiger partial charge in [-0.15, -0.1) is 0 Å². The predicted octanol–water partition coefficient (Wildman–Crippen LogP) is 4.82. The van der Waals surface area contributed by atoms with Crippen LogP contribution in [0.15, 0.2) is 22.7 Å². The standard InChI is InChI=1S/C17H29BrN2/c1-13(2)9-10-20(6)16-8-7-14(11-15(16)18)12-19-17(3,4)5/h7-8,11,13,19H,9-10,12H2,1-6H3. The third-order valence-corrected chi connectivity index (χ3v) is 3.92. The molecule has 0 heterocycles. The summed E-state index contributed by atoms with van der Waals surface area (Å²) in [6.45, 7) is 13.1. The number of hydrogen-bond acceptors (Lipinski definition) is 2. The number of rotatable bonds is 6. The first-order valence-electron chi connectivity index (χ1n) is 7.43. The van der Waals surface area contributed by atoms with Gasteiger partial charge in [-0.05, 0) is 66.7 Å². The van der Waals surface area contributed by atoms with E-state index < -0.39 is 0 Å². The molecule has 0 amide bonds. The van der Waals surface area contributed by atoms with Crippen molar-refractivity contribution in [2.75, 3.05) is 18.5 Å². The molecule has 0 spiro atoms. The van der Waals surface area contributed by atoms with Crippen LogP contribution in [0, 0.1) is 5.92 Å². The highest BCUT2D eigenvalue weighted by Gasteiger charge is 2.10. The van der Waals surface area contributed by atoms with Crippen LogP contribution in [-0.2, 0) is 6.54 Å². The molecule has 0 bridgehead atoms. The van der Waals surface area contributed by atoms with Gasteiger partial charge in [0.05, 0.1) is 5.69 Å². The molecule has 20 heavy (non-hydrogen) atoms. The van der Waals surface area contributed by atoms with Crippen molar-refractivity contribution in [1.82, 2.24) is 5.32 Å². The van der Waals surface area contributed by atoms with Crippen molar-refractivity contribution in [3.63, 3.8) is 0 Å². The van der Waals surface area contributed by atoms with Crippen molar-refractivity contribution in [2.24, 2.45) is 5.92 Å². The second-order valence-electron chi connectivity index (χ2n) is 6.99. The smallest absolute Gasteiger partial charge is 0.0508 e. The van der Waals surface area contributed by atoms with Gasteiger partial charge < -0.3 is 10.2 Å². The lowest BCUT2D eigenvalue weighted by atomic mass is 10.1. The molecule has 0 aromatic heterocycles. The van der Waals surface area contributed by atoms with Gasteiger partial charge in [-0.25, -0.2) is 0 Å². The fourth-order valence-electron chi connectivity index (χ4n) is 1.91. The lowest BCUT2D eigenvalue weighted by Crippen LogP contribution is -2.35. The minimum atomic E-state index is 0.152. The number of anilines is 1. The SMILES string of the molecule is CC(C)CCN(C)c1ccc(CNC(C)(C)C)cc1Br. The number of hydrogen-bond donors (Lipinski definition) is 1. The van der Waals surface area contributed by atoms with Crippen molar-refractivity contribution >= 4 is 21.6 Å². The van der Waals surface area contributed by atoms with E-state index in [1.807, 2.05) is 0 Å². The molecule has 1 N–H and O–H groups in total. The van der Waals surface area contributed by atoms with Crippen molar-refractivity contribution in [2.45, 2.75) is 53.1 Å². The van der Waals surface area contributed by atoms with Crippen molar-refractivity contribution in [3.05, 3.63) is 28.2 Å². The lowest BCUT2D eigenvalue weighted by Gasteiger charge is -2.23. The second-order valence-corrected chi connectivity index (χ2v) is 7.85. The Hall–Kier alpha value is -0.540. The van der Waals surface area contributed by atoms with E-state index in [1.54, 1.807) is 0 Å². The lowest BCUT2D eigenvalue weighted by molar-refractivity contribution is 0.424. The summed E-state index contributed by atoms with van der Waals surface area (Å²) >= 11 is 3.71. The van der Waals surface area contributed by atoms with Crippen molar-refractivity contribution in [3.8, 4) is 0 Å². The maximum absolute atomic E-state index is 3.71. The highest BCUT2D eigenvalue weighted by Crippen LogP contribution is 2.27. The van der Waals surface area contributed by atoms with Gasteiger partial charge in [0.25, 0.3) is 0 Å². The Bertz CT molecular complexity index is 421. The third-order valence-electron chi connectivity index (χ3n) is 3.29. The van der Waals surface area contributed by atoms with E-state index in [9.17, 15) is 0 Å². The minimum Gasteiger partial charge on any atom is -0.374 e. The zero-order chi connectivity index (χ0) is 15.3.